The standard InChI is InChI=1S/C12H14O4/c1-8-6-9-10(15-7-13-2)4-5-11(14-3)12(9)16-8/h4-6H,7H2,1-3H3. The molecule has 0 aliphatic heterocycles. The van der Waals surface area contributed by atoms with Crippen LogP contribution in [0.2, 0.25) is 0 Å². The summed E-state index contributed by atoms with van der Waals surface area (Å²) in [7, 11) is 3.20. The normalized spacial score (nSPS) is 10.7. The summed E-state index contributed by atoms with van der Waals surface area (Å²) in [6.45, 7) is 2.10. The predicted octanol–water partition coefficient (Wildman–Crippen LogP) is 2.73. The van der Waals surface area contributed by atoms with Gasteiger partial charge in [-0.3, -0.25) is 0 Å². The molecular weight excluding hydrogens is 208 g/mol. The van der Waals surface area contributed by atoms with E-state index in [0.717, 1.165) is 16.9 Å². The van der Waals surface area contributed by atoms with Crippen LogP contribution in [0.25, 0.3) is 11.0 Å². The van der Waals surface area contributed by atoms with E-state index in [-0.39, 0.29) is 6.79 Å². The molecule has 86 valence electrons. The third-order valence-corrected chi connectivity index (χ3v) is 2.28. The summed E-state index contributed by atoms with van der Waals surface area (Å²) in [5.74, 6) is 2.25. The Kier molecular flexibility index (Phi) is 3.01. The number of ether oxygens (including phenoxy) is 3. The maximum absolute atomic E-state index is 5.56. The molecule has 0 bridgehead atoms. The maximum Gasteiger partial charge on any atom is 0.188 e. The van der Waals surface area contributed by atoms with Crippen molar-refractivity contribution in [3.8, 4) is 11.5 Å². The van der Waals surface area contributed by atoms with E-state index in [0.29, 0.717) is 11.3 Å². The smallest absolute Gasteiger partial charge is 0.188 e. The minimum atomic E-state index is 0.214. The highest BCUT2D eigenvalue weighted by Gasteiger charge is 2.12. The largest absolute Gasteiger partial charge is 0.493 e. The zero-order chi connectivity index (χ0) is 11.5. The molecule has 0 spiro atoms. The molecule has 0 radical (unpaired) electrons. The van der Waals surface area contributed by atoms with Crippen LogP contribution in [0.5, 0.6) is 11.5 Å². The van der Waals surface area contributed by atoms with Crippen LogP contribution in [-0.2, 0) is 4.74 Å². The van der Waals surface area contributed by atoms with E-state index in [2.05, 4.69) is 0 Å². The second kappa shape index (κ2) is 4.45. The van der Waals surface area contributed by atoms with E-state index in [1.165, 1.54) is 0 Å². The van der Waals surface area contributed by atoms with Crippen molar-refractivity contribution in [1.82, 2.24) is 0 Å². The first-order valence-corrected chi connectivity index (χ1v) is 4.95. The summed E-state index contributed by atoms with van der Waals surface area (Å²) < 4.78 is 21.1. The number of benzene rings is 1. The molecule has 0 aliphatic carbocycles. The molecule has 0 fully saturated rings. The van der Waals surface area contributed by atoms with Crippen LogP contribution < -0.4 is 9.47 Å². The van der Waals surface area contributed by atoms with Gasteiger partial charge in [-0.25, -0.2) is 0 Å². The van der Waals surface area contributed by atoms with Gasteiger partial charge in [0.05, 0.1) is 12.5 Å². The van der Waals surface area contributed by atoms with Gasteiger partial charge in [-0.15, -0.1) is 0 Å². The Labute approximate surface area is 93.7 Å². The number of rotatable bonds is 4. The van der Waals surface area contributed by atoms with Crippen LogP contribution in [-0.4, -0.2) is 21.0 Å². The van der Waals surface area contributed by atoms with Crippen LogP contribution in [0.1, 0.15) is 5.76 Å². The summed E-state index contributed by atoms with van der Waals surface area (Å²) in [4.78, 5) is 0. The number of furan rings is 1. The van der Waals surface area contributed by atoms with Gasteiger partial charge < -0.3 is 18.6 Å². The first kappa shape index (κ1) is 10.8. The maximum atomic E-state index is 5.56. The lowest BCUT2D eigenvalue weighted by Gasteiger charge is -2.07. The minimum absolute atomic E-state index is 0.214. The molecule has 4 heteroatoms. The topological polar surface area (TPSA) is 40.8 Å². The van der Waals surface area contributed by atoms with Gasteiger partial charge in [0.25, 0.3) is 0 Å². The monoisotopic (exact) mass is 222 g/mol. The first-order chi connectivity index (χ1) is 7.76. The number of aryl methyl sites for hydroxylation is 1. The van der Waals surface area contributed by atoms with Crippen molar-refractivity contribution < 1.29 is 18.6 Å². The van der Waals surface area contributed by atoms with Gasteiger partial charge in [0, 0.05) is 7.11 Å². The van der Waals surface area contributed by atoms with Crippen molar-refractivity contribution in [1.29, 1.82) is 0 Å². The predicted molar refractivity (Wildman–Crippen MR) is 60.0 cm³/mol. The van der Waals surface area contributed by atoms with Crippen LogP contribution in [0.15, 0.2) is 22.6 Å². The van der Waals surface area contributed by atoms with E-state index in [9.17, 15) is 0 Å². The molecule has 0 amide bonds. The Morgan fingerprint density at radius 3 is 2.62 bits per heavy atom. The highest BCUT2D eigenvalue weighted by Crippen LogP contribution is 2.35. The molecule has 4 nitrogen and oxygen atoms in total. The van der Waals surface area contributed by atoms with Crippen molar-refractivity contribution >= 4 is 11.0 Å². The van der Waals surface area contributed by atoms with Gasteiger partial charge in [0.1, 0.15) is 11.5 Å². The Bertz CT molecular complexity index is 487. The van der Waals surface area contributed by atoms with E-state index in [1.807, 2.05) is 25.1 Å². The lowest BCUT2D eigenvalue weighted by Crippen LogP contribution is -1.99. The van der Waals surface area contributed by atoms with Gasteiger partial charge in [0.2, 0.25) is 0 Å². The zero-order valence-electron chi connectivity index (χ0n) is 9.57. The quantitative estimate of drug-likeness (QED) is 0.746. The molecule has 0 aliphatic rings. The van der Waals surface area contributed by atoms with Crippen molar-refractivity contribution in [2.75, 3.05) is 21.0 Å². The second-order valence-electron chi connectivity index (χ2n) is 3.42. The van der Waals surface area contributed by atoms with Gasteiger partial charge >= 0.3 is 0 Å². The Hall–Kier alpha value is -1.68. The molecule has 0 atom stereocenters. The van der Waals surface area contributed by atoms with E-state index in [1.54, 1.807) is 14.2 Å². The molecule has 0 saturated carbocycles. The van der Waals surface area contributed by atoms with Gasteiger partial charge in [-0.05, 0) is 25.1 Å². The number of fused-ring (bicyclic) bond motifs is 1. The molecular formula is C12H14O4. The number of methoxy groups -OCH3 is 2. The van der Waals surface area contributed by atoms with Gasteiger partial charge in [-0.2, -0.15) is 0 Å². The molecule has 2 aromatic rings. The van der Waals surface area contributed by atoms with Gasteiger partial charge in [0.15, 0.2) is 18.1 Å². The molecule has 16 heavy (non-hydrogen) atoms. The van der Waals surface area contributed by atoms with Crippen molar-refractivity contribution in [2.45, 2.75) is 6.92 Å². The average molecular weight is 222 g/mol. The molecule has 1 heterocycles. The molecule has 1 aromatic heterocycles. The molecule has 1 aromatic carbocycles. The SMILES string of the molecule is COCOc1ccc(OC)c2oc(C)cc12. The average Bonchev–Trinajstić information content (AvgIpc) is 2.67. The highest BCUT2D eigenvalue weighted by atomic mass is 16.7. The van der Waals surface area contributed by atoms with E-state index in [4.69, 9.17) is 18.6 Å². The van der Waals surface area contributed by atoms with Crippen LogP contribution in [0.3, 0.4) is 0 Å². The van der Waals surface area contributed by atoms with Crippen LogP contribution in [0, 0.1) is 6.92 Å². The fourth-order valence-corrected chi connectivity index (χ4v) is 1.61. The number of hydrogen-bond acceptors (Lipinski definition) is 4. The summed E-state index contributed by atoms with van der Waals surface area (Å²) in [6, 6.07) is 5.58. The summed E-state index contributed by atoms with van der Waals surface area (Å²) >= 11 is 0. The van der Waals surface area contributed by atoms with Crippen LogP contribution in [0.4, 0.5) is 0 Å². The fourth-order valence-electron chi connectivity index (χ4n) is 1.61. The van der Waals surface area contributed by atoms with E-state index < -0.39 is 0 Å². The first-order valence-electron chi connectivity index (χ1n) is 4.95. The Morgan fingerprint density at radius 1 is 1.19 bits per heavy atom. The van der Waals surface area contributed by atoms with Gasteiger partial charge in [-0.1, -0.05) is 0 Å². The summed E-state index contributed by atoms with van der Waals surface area (Å²) in [5.41, 5.74) is 0.702. The molecule has 0 unspecified atom stereocenters. The Morgan fingerprint density at radius 2 is 1.94 bits per heavy atom. The summed E-state index contributed by atoms with van der Waals surface area (Å²) in [6.07, 6.45) is 0. The minimum Gasteiger partial charge on any atom is -0.493 e. The highest BCUT2D eigenvalue weighted by molar-refractivity contribution is 5.89. The van der Waals surface area contributed by atoms with E-state index >= 15 is 0 Å². The molecule has 2 rings (SSSR count). The fraction of sp³-hybridized carbons (Fsp3) is 0.333. The Balaban J connectivity index is 2.51. The number of hydrogen-bond donors (Lipinski definition) is 0. The lowest BCUT2D eigenvalue weighted by molar-refractivity contribution is 0.0522. The third-order valence-electron chi connectivity index (χ3n) is 2.28. The zero-order valence-corrected chi connectivity index (χ0v) is 9.57. The van der Waals surface area contributed by atoms with Crippen molar-refractivity contribution in [2.24, 2.45) is 0 Å². The third kappa shape index (κ3) is 1.84. The van der Waals surface area contributed by atoms with Crippen molar-refractivity contribution in [3.63, 3.8) is 0 Å². The molecule has 0 saturated heterocycles. The second-order valence-corrected chi connectivity index (χ2v) is 3.42. The summed E-state index contributed by atoms with van der Waals surface area (Å²) in [5, 5.41) is 0.897. The van der Waals surface area contributed by atoms with Crippen LogP contribution >= 0.6 is 0 Å². The van der Waals surface area contributed by atoms with Crippen molar-refractivity contribution in [3.05, 3.63) is 24.0 Å². The lowest BCUT2D eigenvalue weighted by atomic mass is 10.2. The molecule has 0 N–H and O–H groups in total.